The van der Waals surface area contributed by atoms with Gasteiger partial charge < -0.3 is 20.3 Å². The van der Waals surface area contributed by atoms with Crippen molar-refractivity contribution in [1.82, 2.24) is 0 Å². The van der Waals surface area contributed by atoms with E-state index in [1.165, 1.54) is 0 Å². The molecule has 0 aliphatic carbocycles. The maximum atomic E-state index is 11.8. The number of hydrogen-bond donors (Lipinski definition) is 1. The fourth-order valence-electron chi connectivity index (χ4n) is 2.99. The number of ether oxygens (including phenoxy) is 1. The molecule has 1 aromatic rings. The van der Waals surface area contributed by atoms with Gasteiger partial charge in [0.15, 0.2) is 0 Å². The first-order valence-corrected chi connectivity index (χ1v) is 7.21. The number of nitrogens with two attached hydrogens (primary N) is 1. The Morgan fingerprint density at radius 2 is 1.86 bits per heavy atom. The van der Waals surface area contributed by atoms with Crippen molar-refractivity contribution in [3.63, 3.8) is 0 Å². The van der Waals surface area contributed by atoms with Gasteiger partial charge in [0, 0.05) is 24.5 Å². The minimum absolute atomic E-state index is 0. The smallest absolute Gasteiger partial charge is 0.253 e. The van der Waals surface area contributed by atoms with Gasteiger partial charge in [-0.15, -0.1) is 12.4 Å². The molecule has 2 heterocycles. The van der Waals surface area contributed by atoms with Gasteiger partial charge in [-0.25, -0.2) is 0 Å². The molecule has 22 heavy (non-hydrogen) atoms. The summed E-state index contributed by atoms with van der Waals surface area (Å²) in [7, 11) is 0. The Morgan fingerprint density at radius 3 is 2.50 bits per heavy atom. The van der Waals surface area contributed by atoms with E-state index >= 15 is 0 Å². The molecule has 120 valence electrons. The van der Waals surface area contributed by atoms with Crippen LogP contribution >= 0.6 is 12.4 Å². The van der Waals surface area contributed by atoms with Crippen LogP contribution in [-0.2, 0) is 14.3 Å². The van der Waals surface area contributed by atoms with E-state index in [1.54, 1.807) is 4.90 Å². The summed E-state index contributed by atoms with van der Waals surface area (Å²) in [6.45, 7) is 2.11. The topological polar surface area (TPSA) is 75.9 Å². The van der Waals surface area contributed by atoms with Gasteiger partial charge in [-0.1, -0.05) is 0 Å². The van der Waals surface area contributed by atoms with Gasteiger partial charge in [0.05, 0.1) is 6.61 Å². The number of halogens is 1. The van der Waals surface area contributed by atoms with E-state index in [0.717, 1.165) is 30.8 Å². The number of anilines is 2. The lowest BCUT2D eigenvalue weighted by atomic mass is 10.2. The third kappa shape index (κ3) is 3.18. The standard InChI is InChI=1S/C15H19N3O3.ClH/c16-15(20)13-2-1-7-17(13)11-3-5-12(6-4-11)18-8-9-21-10-14(18)19;/h3-6,13H,1-2,7-10H2,(H2,16,20);1H. The first-order valence-electron chi connectivity index (χ1n) is 7.21. The molecular weight excluding hydrogens is 306 g/mol. The van der Waals surface area contributed by atoms with E-state index in [9.17, 15) is 9.59 Å². The van der Waals surface area contributed by atoms with Gasteiger partial charge in [-0.05, 0) is 37.1 Å². The Morgan fingerprint density at radius 1 is 1.18 bits per heavy atom. The molecule has 0 aromatic heterocycles. The van der Waals surface area contributed by atoms with E-state index in [0.29, 0.717) is 13.2 Å². The van der Waals surface area contributed by atoms with Crippen LogP contribution in [0, 0.1) is 0 Å². The molecule has 0 saturated carbocycles. The molecule has 6 nitrogen and oxygen atoms in total. The molecule has 0 bridgehead atoms. The third-order valence-corrected chi connectivity index (χ3v) is 4.06. The summed E-state index contributed by atoms with van der Waals surface area (Å²) < 4.78 is 5.13. The molecule has 3 rings (SSSR count). The Labute approximate surface area is 135 Å². The molecular formula is C15H20ClN3O3. The number of carbonyl (C=O) groups is 2. The second-order valence-corrected chi connectivity index (χ2v) is 5.37. The number of carbonyl (C=O) groups excluding carboxylic acids is 2. The lowest BCUT2D eigenvalue weighted by molar-refractivity contribution is -0.125. The fourth-order valence-corrected chi connectivity index (χ4v) is 2.99. The van der Waals surface area contributed by atoms with E-state index in [2.05, 4.69) is 0 Å². The molecule has 1 unspecified atom stereocenters. The van der Waals surface area contributed by atoms with Gasteiger partial charge in [0.25, 0.3) is 5.91 Å². The molecule has 7 heteroatoms. The molecule has 1 atom stereocenters. The predicted molar refractivity (Wildman–Crippen MR) is 86.4 cm³/mol. The molecule has 2 saturated heterocycles. The summed E-state index contributed by atoms with van der Waals surface area (Å²) in [5.74, 6) is -0.301. The first kappa shape index (κ1) is 16.6. The van der Waals surface area contributed by atoms with Crippen molar-refractivity contribution in [1.29, 1.82) is 0 Å². The SMILES string of the molecule is Cl.NC(=O)C1CCCN1c1ccc(N2CCOCC2=O)cc1. The third-order valence-electron chi connectivity index (χ3n) is 4.06. The normalized spacial score (nSPS) is 21.6. The minimum Gasteiger partial charge on any atom is -0.370 e. The Bertz CT molecular complexity index is 549. The summed E-state index contributed by atoms with van der Waals surface area (Å²) in [5, 5.41) is 0. The number of rotatable bonds is 3. The van der Waals surface area contributed by atoms with Crippen LogP contribution in [0.4, 0.5) is 11.4 Å². The zero-order chi connectivity index (χ0) is 14.8. The highest BCUT2D eigenvalue weighted by molar-refractivity contribution is 5.95. The molecule has 1 aromatic carbocycles. The van der Waals surface area contributed by atoms with Crippen molar-refractivity contribution >= 4 is 35.6 Å². The molecule has 0 radical (unpaired) electrons. The molecule has 2 aliphatic heterocycles. The molecule has 2 amide bonds. The Hall–Kier alpha value is -1.79. The number of amides is 2. The number of hydrogen-bond acceptors (Lipinski definition) is 4. The second kappa shape index (κ2) is 6.98. The van der Waals surface area contributed by atoms with Crippen molar-refractivity contribution in [2.75, 3.05) is 36.1 Å². The number of benzene rings is 1. The highest BCUT2D eigenvalue weighted by atomic mass is 35.5. The van der Waals surface area contributed by atoms with Crippen LogP contribution in [0.3, 0.4) is 0 Å². The van der Waals surface area contributed by atoms with Gasteiger partial charge in [-0.3, -0.25) is 9.59 Å². The number of morpholine rings is 1. The lowest BCUT2D eigenvalue weighted by Crippen LogP contribution is -2.42. The van der Waals surface area contributed by atoms with Crippen molar-refractivity contribution in [2.45, 2.75) is 18.9 Å². The summed E-state index contributed by atoms with van der Waals surface area (Å²) in [4.78, 5) is 27.0. The van der Waals surface area contributed by atoms with Crippen molar-refractivity contribution < 1.29 is 14.3 Å². The summed E-state index contributed by atoms with van der Waals surface area (Å²) in [5.41, 5.74) is 7.28. The van der Waals surface area contributed by atoms with Crippen LogP contribution in [0.5, 0.6) is 0 Å². The molecule has 2 N–H and O–H groups in total. The predicted octanol–water partition coefficient (Wildman–Crippen LogP) is 0.926. The van der Waals surface area contributed by atoms with Crippen molar-refractivity contribution in [3.05, 3.63) is 24.3 Å². The minimum atomic E-state index is -0.278. The van der Waals surface area contributed by atoms with Gasteiger partial charge in [-0.2, -0.15) is 0 Å². The van der Waals surface area contributed by atoms with E-state index in [1.807, 2.05) is 29.2 Å². The summed E-state index contributed by atoms with van der Waals surface area (Å²) in [6.07, 6.45) is 1.77. The summed E-state index contributed by atoms with van der Waals surface area (Å²) in [6, 6.07) is 7.49. The largest absolute Gasteiger partial charge is 0.370 e. The quantitative estimate of drug-likeness (QED) is 0.897. The zero-order valence-electron chi connectivity index (χ0n) is 12.2. The van der Waals surface area contributed by atoms with Crippen LogP contribution < -0.4 is 15.5 Å². The van der Waals surface area contributed by atoms with Gasteiger partial charge in [0.2, 0.25) is 5.91 Å². The van der Waals surface area contributed by atoms with Gasteiger partial charge >= 0.3 is 0 Å². The molecule has 2 aliphatic rings. The van der Waals surface area contributed by atoms with Gasteiger partial charge in [0.1, 0.15) is 12.6 Å². The van der Waals surface area contributed by atoms with Crippen molar-refractivity contribution in [2.24, 2.45) is 5.73 Å². The number of primary amides is 1. The van der Waals surface area contributed by atoms with Crippen LogP contribution in [0.2, 0.25) is 0 Å². The average Bonchev–Trinajstić information content (AvgIpc) is 2.98. The zero-order valence-corrected chi connectivity index (χ0v) is 13.1. The molecule has 2 fully saturated rings. The van der Waals surface area contributed by atoms with Crippen LogP contribution in [0.25, 0.3) is 0 Å². The second-order valence-electron chi connectivity index (χ2n) is 5.37. The monoisotopic (exact) mass is 325 g/mol. The van der Waals surface area contributed by atoms with E-state index in [4.69, 9.17) is 10.5 Å². The summed E-state index contributed by atoms with van der Waals surface area (Å²) >= 11 is 0. The Balaban J connectivity index is 0.00000176. The lowest BCUT2D eigenvalue weighted by Gasteiger charge is -2.28. The Kier molecular flexibility index (Phi) is 5.26. The van der Waals surface area contributed by atoms with Crippen LogP contribution in [0.1, 0.15) is 12.8 Å². The average molecular weight is 326 g/mol. The van der Waals surface area contributed by atoms with Crippen LogP contribution in [-0.4, -0.2) is 44.2 Å². The van der Waals surface area contributed by atoms with E-state index < -0.39 is 0 Å². The maximum Gasteiger partial charge on any atom is 0.253 e. The number of nitrogens with zero attached hydrogens (tertiary/aromatic N) is 2. The van der Waals surface area contributed by atoms with E-state index in [-0.39, 0.29) is 36.9 Å². The highest BCUT2D eigenvalue weighted by Crippen LogP contribution is 2.28. The first-order chi connectivity index (χ1) is 10.2. The van der Waals surface area contributed by atoms with Crippen molar-refractivity contribution in [3.8, 4) is 0 Å². The fraction of sp³-hybridized carbons (Fsp3) is 0.467. The van der Waals surface area contributed by atoms with Crippen LogP contribution in [0.15, 0.2) is 24.3 Å². The highest BCUT2D eigenvalue weighted by Gasteiger charge is 2.29. The maximum absolute atomic E-state index is 11.8. The molecule has 0 spiro atoms.